The Morgan fingerprint density at radius 3 is 2.54 bits per heavy atom. The summed E-state index contributed by atoms with van der Waals surface area (Å²) in [5, 5.41) is 0. The van der Waals surface area contributed by atoms with Crippen molar-refractivity contribution in [2.24, 2.45) is 0 Å². The Hall–Kier alpha value is -0.800. The second-order valence-corrected chi connectivity index (χ2v) is 3.80. The summed E-state index contributed by atoms with van der Waals surface area (Å²) in [5.74, 6) is 0. The summed E-state index contributed by atoms with van der Waals surface area (Å²) in [7, 11) is 3.96. The highest BCUT2D eigenvalue weighted by Crippen LogP contribution is 2.14. The second kappa shape index (κ2) is 3.94. The quantitative estimate of drug-likeness (QED) is 0.491. The molecule has 1 heterocycles. The van der Waals surface area contributed by atoms with Crippen LogP contribution in [0.15, 0.2) is 28.7 Å². The molecule has 0 bridgehead atoms. The van der Waals surface area contributed by atoms with Crippen molar-refractivity contribution >= 4 is 21.6 Å². The molecule has 2 rings (SSSR count). The highest BCUT2D eigenvalue weighted by Gasteiger charge is 2.02. The smallest absolute Gasteiger partial charge is 0.430 e. The van der Waals surface area contributed by atoms with Crippen LogP contribution in [0.25, 0.3) is 10.3 Å². The largest absolute Gasteiger partial charge is 1.00 e. The van der Waals surface area contributed by atoms with Gasteiger partial charge in [-0.25, -0.2) is 0 Å². The third-order valence-corrected chi connectivity index (χ3v) is 2.79. The van der Waals surface area contributed by atoms with E-state index in [0.717, 1.165) is 10.5 Å². The minimum atomic E-state index is 0. The molecule has 0 aliphatic rings. The topological polar surface area (TPSA) is 16.1 Å². The number of fused-ring (bicyclic) bond motifs is 1. The molecule has 1 aromatic carbocycles. The normalized spacial score (nSPS) is 9.69. The van der Waals surface area contributed by atoms with Crippen molar-refractivity contribution in [3.05, 3.63) is 29.1 Å². The number of nitrogens with zero attached hydrogens (tertiary/aromatic N) is 1. The Morgan fingerprint density at radius 1 is 1.23 bits per heavy atom. The van der Waals surface area contributed by atoms with Gasteiger partial charge in [-0.1, -0.05) is 12.1 Å². The number of rotatable bonds is 0. The van der Waals surface area contributed by atoms with Crippen LogP contribution in [-0.4, -0.2) is 14.1 Å². The Kier molecular flexibility index (Phi) is 3.12. The first kappa shape index (κ1) is 10.3. The zero-order valence-electron chi connectivity index (χ0n) is 7.45. The van der Waals surface area contributed by atoms with Gasteiger partial charge in [0.05, 0.1) is 4.70 Å². The van der Waals surface area contributed by atoms with Crippen LogP contribution in [-0.2, 0) is 0 Å². The minimum absolute atomic E-state index is 0. The minimum Gasteiger partial charge on any atom is -1.00 e. The SMILES string of the molecule is C[N+](C)=c1oc2ccccc2s1.[Cl-]. The van der Waals surface area contributed by atoms with E-state index >= 15 is 0 Å². The molecular weight excluding hydrogens is 206 g/mol. The average Bonchev–Trinajstić information content (AvgIpc) is 2.46. The summed E-state index contributed by atoms with van der Waals surface area (Å²) >= 11 is 1.66. The zero-order chi connectivity index (χ0) is 8.55. The molecule has 1 aromatic heterocycles. The molecule has 0 amide bonds. The highest BCUT2D eigenvalue weighted by atomic mass is 35.5. The number of para-hydroxylation sites is 1. The first-order valence-corrected chi connectivity index (χ1v) is 4.58. The van der Waals surface area contributed by atoms with Gasteiger partial charge in [-0.3, -0.25) is 0 Å². The van der Waals surface area contributed by atoms with E-state index in [0.29, 0.717) is 0 Å². The molecule has 2 nitrogen and oxygen atoms in total. The third kappa shape index (κ3) is 1.92. The Balaban J connectivity index is 0.000000845. The first-order chi connectivity index (χ1) is 5.77. The van der Waals surface area contributed by atoms with Crippen LogP contribution in [0, 0.1) is 0 Å². The monoisotopic (exact) mass is 215 g/mol. The fraction of sp³-hybridized carbons (Fsp3) is 0.222. The summed E-state index contributed by atoms with van der Waals surface area (Å²) in [4.78, 5) is 0.941. The predicted octanol–water partition coefficient (Wildman–Crippen LogP) is -1.47. The van der Waals surface area contributed by atoms with Crippen molar-refractivity contribution < 1.29 is 16.8 Å². The molecule has 0 unspecified atom stereocenters. The lowest BCUT2D eigenvalue weighted by Gasteiger charge is -1.79. The lowest BCUT2D eigenvalue weighted by atomic mass is 10.4. The van der Waals surface area contributed by atoms with E-state index in [9.17, 15) is 0 Å². The Labute approximate surface area is 86.5 Å². The van der Waals surface area contributed by atoms with Gasteiger partial charge in [-0.15, -0.1) is 0 Å². The highest BCUT2D eigenvalue weighted by molar-refractivity contribution is 7.16. The standard InChI is InChI=1S/C9H10NOS.ClH/c1-10(2)9-11-7-5-3-4-6-8(7)12-9;/h3-6H,1-2H3;1H/q+1;/p-1. The molecule has 0 radical (unpaired) electrons. The lowest BCUT2D eigenvalue weighted by molar-refractivity contribution is -0.00000285. The van der Waals surface area contributed by atoms with Crippen LogP contribution in [0.3, 0.4) is 0 Å². The maximum Gasteiger partial charge on any atom is 0.430 e. The van der Waals surface area contributed by atoms with Crippen molar-refractivity contribution in [1.82, 2.24) is 4.58 Å². The van der Waals surface area contributed by atoms with E-state index in [1.807, 2.05) is 36.9 Å². The molecule has 4 heteroatoms. The van der Waals surface area contributed by atoms with Crippen LogP contribution in [0.2, 0.25) is 0 Å². The van der Waals surface area contributed by atoms with Gasteiger partial charge in [0.25, 0.3) is 0 Å². The van der Waals surface area contributed by atoms with Gasteiger partial charge >= 0.3 is 4.87 Å². The van der Waals surface area contributed by atoms with Crippen LogP contribution < -0.4 is 21.9 Å². The summed E-state index contributed by atoms with van der Waals surface area (Å²) in [6.07, 6.45) is 0. The number of hydrogen-bond acceptors (Lipinski definition) is 2. The molecule has 0 saturated heterocycles. The van der Waals surface area contributed by atoms with E-state index in [-0.39, 0.29) is 12.4 Å². The Bertz CT molecular complexity index is 431. The summed E-state index contributed by atoms with van der Waals surface area (Å²) in [6, 6.07) is 8.06. The van der Waals surface area contributed by atoms with E-state index in [1.54, 1.807) is 11.3 Å². The lowest BCUT2D eigenvalue weighted by Crippen LogP contribution is -3.00. The molecule has 0 N–H and O–H groups in total. The summed E-state index contributed by atoms with van der Waals surface area (Å²) in [5.41, 5.74) is 0.964. The van der Waals surface area contributed by atoms with Gasteiger partial charge in [-0.2, -0.15) is 4.58 Å². The van der Waals surface area contributed by atoms with Gasteiger partial charge in [0.2, 0.25) is 0 Å². The predicted molar refractivity (Wildman–Crippen MR) is 51.2 cm³/mol. The van der Waals surface area contributed by atoms with Crippen molar-refractivity contribution in [1.29, 1.82) is 0 Å². The molecular formula is C9H10ClNOS. The van der Waals surface area contributed by atoms with E-state index < -0.39 is 0 Å². The summed E-state index contributed by atoms with van der Waals surface area (Å²) < 4.78 is 8.75. The second-order valence-electron chi connectivity index (χ2n) is 2.81. The fourth-order valence-corrected chi connectivity index (χ4v) is 1.87. The third-order valence-electron chi connectivity index (χ3n) is 1.61. The molecule has 0 saturated carbocycles. The molecule has 13 heavy (non-hydrogen) atoms. The van der Waals surface area contributed by atoms with Gasteiger partial charge in [0, 0.05) is 0 Å². The fourth-order valence-electron chi connectivity index (χ4n) is 1.01. The molecule has 0 aliphatic heterocycles. The molecule has 0 fully saturated rings. The van der Waals surface area contributed by atoms with Crippen LogP contribution in [0.1, 0.15) is 0 Å². The number of hydrogen-bond donors (Lipinski definition) is 0. The Morgan fingerprint density at radius 2 is 1.92 bits per heavy atom. The van der Waals surface area contributed by atoms with Crippen LogP contribution in [0.4, 0.5) is 0 Å². The molecule has 0 atom stereocenters. The molecule has 0 aliphatic carbocycles. The van der Waals surface area contributed by atoms with Crippen molar-refractivity contribution in [2.45, 2.75) is 0 Å². The van der Waals surface area contributed by atoms with Gasteiger partial charge in [-0.05, 0) is 23.5 Å². The average molecular weight is 216 g/mol. The summed E-state index contributed by atoms with van der Waals surface area (Å²) in [6.45, 7) is 0. The van der Waals surface area contributed by atoms with Crippen molar-refractivity contribution in [3.63, 3.8) is 0 Å². The molecule has 70 valence electrons. The van der Waals surface area contributed by atoms with Gasteiger partial charge < -0.3 is 16.8 Å². The maximum atomic E-state index is 5.57. The van der Waals surface area contributed by atoms with E-state index in [4.69, 9.17) is 4.42 Å². The zero-order valence-corrected chi connectivity index (χ0v) is 9.02. The van der Waals surface area contributed by atoms with Crippen molar-refractivity contribution in [3.8, 4) is 0 Å². The van der Waals surface area contributed by atoms with Crippen LogP contribution in [0.5, 0.6) is 0 Å². The van der Waals surface area contributed by atoms with Gasteiger partial charge in [0.1, 0.15) is 14.1 Å². The van der Waals surface area contributed by atoms with Gasteiger partial charge in [0.15, 0.2) is 5.58 Å². The van der Waals surface area contributed by atoms with E-state index in [1.165, 1.54) is 4.70 Å². The van der Waals surface area contributed by atoms with Crippen LogP contribution >= 0.6 is 11.3 Å². The first-order valence-electron chi connectivity index (χ1n) is 3.76. The molecule has 0 spiro atoms. The molecule has 2 aromatic rings. The number of benzene rings is 1. The maximum absolute atomic E-state index is 5.57. The van der Waals surface area contributed by atoms with Crippen molar-refractivity contribution in [2.75, 3.05) is 14.1 Å². The van der Waals surface area contributed by atoms with E-state index in [2.05, 4.69) is 6.07 Å². The number of halogens is 1.